The fourth-order valence-electron chi connectivity index (χ4n) is 2.75. The van der Waals surface area contributed by atoms with Crippen molar-refractivity contribution in [3.63, 3.8) is 0 Å². The molecule has 3 rings (SSSR count). The standard InChI is InChI=1S/C22H18BrCl2NO/c23-21-13-15(14-24)1-2-18(21)11-12-26-22(27)19-5-3-16(4-6-19)17-7-9-20(25)10-8-17/h1-10,13H,11-12,14H2,(H,26,27). The van der Waals surface area contributed by atoms with E-state index in [1.165, 1.54) is 0 Å². The summed E-state index contributed by atoms with van der Waals surface area (Å²) < 4.78 is 1.02. The van der Waals surface area contributed by atoms with Gasteiger partial charge >= 0.3 is 0 Å². The van der Waals surface area contributed by atoms with E-state index < -0.39 is 0 Å². The van der Waals surface area contributed by atoms with Gasteiger partial charge in [-0.1, -0.05) is 63.9 Å². The predicted octanol–water partition coefficient (Wildman–Crippen LogP) is 6.48. The highest BCUT2D eigenvalue weighted by Gasteiger charge is 2.07. The van der Waals surface area contributed by atoms with E-state index in [0.29, 0.717) is 23.0 Å². The predicted molar refractivity (Wildman–Crippen MR) is 117 cm³/mol. The number of halogens is 3. The van der Waals surface area contributed by atoms with Crippen LogP contribution in [-0.4, -0.2) is 12.5 Å². The molecule has 0 fully saturated rings. The van der Waals surface area contributed by atoms with Crippen LogP contribution < -0.4 is 5.32 Å². The third-order valence-corrected chi connectivity index (χ3v) is 5.58. The van der Waals surface area contributed by atoms with Crippen molar-refractivity contribution in [1.82, 2.24) is 5.32 Å². The van der Waals surface area contributed by atoms with Crippen LogP contribution in [0.1, 0.15) is 21.5 Å². The van der Waals surface area contributed by atoms with Crippen molar-refractivity contribution in [1.29, 1.82) is 0 Å². The first-order valence-corrected chi connectivity index (χ1v) is 10.2. The molecule has 1 N–H and O–H groups in total. The van der Waals surface area contributed by atoms with Crippen molar-refractivity contribution in [2.75, 3.05) is 6.54 Å². The van der Waals surface area contributed by atoms with Crippen LogP contribution >= 0.6 is 39.1 Å². The van der Waals surface area contributed by atoms with Crippen LogP contribution in [0.25, 0.3) is 11.1 Å². The fourth-order valence-corrected chi connectivity index (χ4v) is 3.66. The first-order valence-electron chi connectivity index (χ1n) is 8.54. The molecule has 27 heavy (non-hydrogen) atoms. The molecule has 5 heteroatoms. The summed E-state index contributed by atoms with van der Waals surface area (Å²) in [6, 6.07) is 21.3. The van der Waals surface area contributed by atoms with Gasteiger partial charge in [-0.05, 0) is 59.0 Å². The Morgan fingerprint density at radius 1 is 0.926 bits per heavy atom. The third-order valence-electron chi connectivity index (χ3n) is 4.28. The Bertz CT molecular complexity index is 924. The lowest BCUT2D eigenvalue weighted by atomic mass is 10.0. The summed E-state index contributed by atoms with van der Waals surface area (Å²) in [7, 11) is 0. The van der Waals surface area contributed by atoms with Crippen molar-refractivity contribution in [3.8, 4) is 11.1 Å². The molecule has 3 aromatic rings. The largest absolute Gasteiger partial charge is 0.352 e. The summed E-state index contributed by atoms with van der Waals surface area (Å²) >= 11 is 15.3. The van der Waals surface area contributed by atoms with Crippen molar-refractivity contribution in [3.05, 3.63) is 92.9 Å². The maximum Gasteiger partial charge on any atom is 0.251 e. The van der Waals surface area contributed by atoms with Gasteiger partial charge in [0.2, 0.25) is 0 Å². The van der Waals surface area contributed by atoms with Gasteiger partial charge in [0.05, 0.1) is 0 Å². The normalized spacial score (nSPS) is 10.6. The highest BCUT2D eigenvalue weighted by Crippen LogP contribution is 2.22. The van der Waals surface area contributed by atoms with Crippen LogP contribution in [0.5, 0.6) is 0 Å². The summed E-state index contributed by atoms with van der Waals surface area (Å²) in [5, 5.41) is 3.67. The number of nitrogens with one attached hydrogen (secondary N) is 1. The number of alkyl halides is 1. The molecule has 2 nitrogen and oxygen atoms in total. The van der Waals surface area contributed by atoms with Gasteiger partial charge in [-0.2, -0.15) is 0 Å². The topological polar surface area (TPSA) is 29.1 Å². The molecule has 0 atom stereocenters. The maximum atomic E-state index is 12.4. The summed E-state index contributed by atoms with van der Waals surface area (Å²) in [6.45, 7) is 0.566. The second-order valence-corrected chi connectivity index (χ2v) is 7.71. The Morgan fingerprint density at radius 2 is 1.56 bits per heavy atom. The Hall–Kier alpha value is -1.81. The number of amides is 1. The summed E-state index contributed by atoms with van der Waals surface area (Å²) in [5.41, 5.74) is 4.96. The monoisotopic (exact) mass is 461 g/mol. The van der Waals surface area contributed by atoms with Gasteiger partial charge in [-0.25, -0.2) is 0 Å². The zero-order valence-corrected chi connectivity index (χ0v) is 17.6. The van der Waals surface area contributed by atoms with Crippen molar-refractivity contribution >= 4 is 45.0 Å². The minimum Gasteiger partial charge on any atom is -0.352 e. The molecule has 0 radical (unpaired) electrons. The van der Waals surface area contributed by atoms with E-state index in [-0.39, 0.29) is 5.91 Å². The summed E-state index contributed by atoms with van der Waals surface area (Å²) in [6.07, 6.45) is 0.748. The smallest absolute Gasteiger partial charge is 0.251 e. The fraction of sp³-hybridized carbons (Fsp3) is 0.136. The van der Waals surface area contributed by atoms with Gasteiger partial charge in [-0.15, -0.1) is 11.6 Å². The van der Waals surface area contributed by atoms with Crippen LogP contribution in [0, 0.1) is 0 Å². The molecular weight excluding hydrogens is 445 g/mol. The van der Waals surface area contributed by atoms with Gasteiger partial charge in [0, 0.05) is 27.5 Å². The molecule has 0 saturated heterocycles. The zero-order chi connectivity index (χ0) is 19.2. The van der Waals surface area contributed by atoms with Crippen molar-refractivity contribution in [2.45, 2.75) is 12.3 Å². The minimum atomic E-state index is -0.0776. The molecule has 138 valence electrons. The zero-order valence-electron chi connectivity index (χ0n) is 14.5. The van der Waals surface area contributed by atoms with Crippen molar-refractivity contribution < 1.29 is 4.79 Å². The Labute approximate surface area is 177 Å². The Kier molecular flexibility index (Phi) is 6.95. The number of rotatable bonds is 6. The number of hydrogen-bond acceptors (Lipinski definition) is 1. The van der Waals surface area contributed by atoms with Gasteiger partial charge in [-0.3, -0.25) is 4.79 Å². The van der Waals surface area contributed by atoms with Crippen LogP contribution in [0.15, 0.2) is 71.2 Å². The Balaban J connectivity index is 1.57. The highest BCUT2D eigenvalue weighted by atomic mass is 79.9. The molecule has 0 unspecified atom stereocenters. The van der Waals surface area contributed by atoms with Crippen molar-refractivity contribution in [2.24, 2.45) is 0 Å². The third kappa shape index (κ3) is 5.35. The van der Waals surface area contributed by atoms with Gasteiger partial charge in [0.15, 0.2) is 0 Å². The van der Waals surface area contributed by atoms with Gasteiger partial charge in [0.25, 0.3) is 5.91 Å². The minimum absolute atomic E-state index is 0.0776. The van der Waals surface area contributed by atoms with Gasteiger partial charge < -0.3 is 5.32 Å². The first-order chi connectivity index (χ1) is 13.1. The molecule has 0 spiro atoms. The van der Waals surface area contributed by atoms with Crippen LogP contribution in [0.4, 0.5) is 0 Å². The maximum absolute atomic E-state index is 12.4. The van der Waals surface area contributed by atoms with E-state index in [1.807, 2.05) is 66.7 Å². The van der Waals surface area contributed by atoms with E-state index in [2.05, 4.69) is 21.2 Å². The van der Waals surface area contributed by atoms with Crippen LogP contribution in [0.2, 0.25) is 5.02 Å². The molecule has 0 aromatic heterocycles. The molecule has 0 aliphatic rings. The summed E-state index contributed by atoms with van der Waals surface area (Å²) in [4.78, 5) is 12.4. The average Bonchev–Trinajstić information content (AvgIpc) is 2.69. The highest BCUT2D eigenvalue weighted by molar-refractivity contribution is 9.10. The van der Waals surface area contributed by atoms with Crippen LogP contribution in [-0.2, 0) is 12.3 Å². The average molecular weight is 463 g/mol. The number of carbonyl (C=O) groups is 1. The van der Waals surface area contributed by atoms with Gasteiger partial charge in [0.1, 0.15) is 0 Å². The molecule has 0 aliphatic heterocycles. The van der Waals surface area contributed by atoms with E-state index in [9.17, 15) is 4.79 Å². The number of hydrogen-bond donors (Lipinski definition) is 1. The lowest BCUT2D eigenvalue weighted by Crippen LogP contribution is -2.25. The Morgan fingerprint density at radius 3 is 2.15 bits per heavy atom. The summed E-state index contributed by atoms with van der Waals surface area (Å²) in [5.74, 6) is 0.410. The molecule has 1 amide bonds. The molecular formula is C22H18BrCl2NO. The SMILES string of the molecule is O=C(NCCc1ccc(CCl)cc1Br)c1ccc(-c2ccc(Cl)cc2)cc1. The molecule has 3 aromatic carbocycles. The van der Waals surface area contributed by atoms with E-state index in [4.69, 9.17) is 23.2 Å². The van der Waals surface area contributed by atoms with Crippen LogP contribution in [0.3, 0.4) is 0 Å². The quantitative estimate of drug-likeness (QED) is 0.417. The lowest BCUT2D eigenvalue weighted by molar-refractivity contribution is 0.0954. The number of benzene rings is 3. The molecule has 0 saturated carbocycles. The number of carbonyl (C=O) groups excluding carboxylic acids is 1. The first kappa shape index (κ1) is 19.9. The second-order valence-electron chi connectivity index (χ2n) is 6.15. The molecule has 0 bridgehead atoms. The van der Waals surface area contributed by atoms with E-state index >= 15 is 0 Å². The molecule has 0 aliphatic carbocycles. The van der Waals surface area contributed by atoms with E-state index in [0.717, 1.165) is 33.1 Å². The molecule has 0 heterocycles. The second kappa shape index (κ2) is 9.41. The van der Waals surface area contributed by atoms with E-state index in [1.54, 1.807) is 0 Å². The lowest BCUT2D eigenvalue weighted by Gasteiger charge is -2.09.